The van der Waals surface area contributed by atoms with Crippen molar-refractivity contribution in [2.75, 3.05) is 7.11 Å². The molecule has 3 aromatic heterocycles. The van der Waals surface area contributed by atoms with Crippen molar-refractivity contribution in [1.82, 2.24) is 15.0 Å². The molecule has 0 aromatic carbocycles. The number of halogens is 1. The maximum Gasteiger partial charge on any atom is 0.212 e. The topological polar surface area (TPSA) is 47.9 Å². The minimum atomic E-state index is 0.441. The van der Waals surface area contributed by atoms with Gasteiger partial charge in [-0.05, 0) is 24.3 Å². The van der Waals surface area contributed by atoms with Gasteiger partial charge in [0, 0.05) is 29.4 Å². The zero-order valence-corrected chi connectivity index (χ0v) is 12.9. The Labute approximate surface area is 128 Å². The molecule has 0 aliphatic carbocycles. The van der Waals surface area contributed by atoms with E-state index in [4.69, 9.17) is 16.3 Å². The van der Waals surface area contributed by atoms with Crippen LogP contribution in [0.5, 0.6) is 5.88 Å². The molecule has 0 atom stereocenters. The summed E-state index contributed by atoms with van der Waals surface area (Å²) in [7, 11) is 1.58. The maximum atomic E-state index is 6.17. The molecule has 0 fully saturated rings. The first kappa shape index (κ1) is 15.2. The van der Waals surface area contributed by atoms with Crippen molar-refractivity contribution in [2.24, 2.45) is 0 Å². The zero-order valence-electron chi connectivity index (χ0n) is 12.2. The van der Waals surface area contributed by atoms with Gasteiger partial charge in [-0.25, -0.2) is 9.97 Å². The molecule has 0 bridgehead atoms. The summed E-state index contributed by atoms with van der Waals surface area (Å²) in [5, 5.41) is 1.28. The van der Waals surface area contributed by atoms with Crippen LogP contribution in [0.1, 0.15) is 13.8 Å². The first-order chi connectivity index (χ1) is 10.3. The minimum absolute atomic E-state index is 0.441. The van der Waals surface area contributed by atoms with Crippen LogP contribution >= 0.6 is 11.6 Å². The second kappa shape index (κ2) is 6.99. The van der Waals surface area contributed by atoms with Crippen LogP contribution in [-0.4, -0.2) is 22.1 Å². The fourth-order valence-electron chi connectivity index (χ4n) is 1.84. The van der Waals surface area contributed by atoms with E-state index >= 15 is 0 Å². The van der Waals surface area contributed by atoms with Crippen LogP contribution in [0.2, 0.25) is 5.15 Å². The smallest absolute Gasteiger partial charge is 0.212 e. The van der Waals surface area contributed by atoms with Crippen LogP contribution in [0.25, 0.3) is 22.2 Å². The normalized spacial score (nSPS) is 9.90. The van der Waals surface area contributed by atoms with Gasteiger partial charge >= 0.3 is 0 Å². The van der Waals surface area contributed by atoms with E-state index in [1.807, 2.05) is 38.1 Å². The number of fused-ring (bicyclic) bond motifs is 1. The van der Waals surface area contributed by atoms with Crippen LogP contribution in [0.3, 0.4) is 0 Å². The van der Waals surface area contributed by atoms with Gasteiger partial charge in [-0.2, -0.15) is 0 Å². The van der Waals surface area contributed by atoms with E-state index in [1.165, 1.54) is 0 Å². The lowest BCUT2D eigenvalue weighted by molar-refractivity contribution is 0.398. The average Bonchev–Trinajstić information content (AvgIpc) is 2.57. The third-order valence-corrected chi connectivity index (χ3v) is 3.08. The summed E-state index contributed by atoms with van der Waals surface area (Å²) in [4.78, 5) is 12.8. The Hall–Kier alpha value is -2.20. The SMILES string of the molecule is CC.COc1ccc(-c2cc3ncccc3c(Cl)n2)cn1. The summed E-state index contributed by atoms with van der Waals surface area (Å²) >= 11 is 6.17. The van der Waals surface area contributed by atoms with Gasteiger partial charge in [-0.1, -0.05) is 25.4 Å². The molecule has 0 saturated heterocycles. The van der Waals surface area contributed by atoms with Gasteiger partial charge in [0.1, 0.15) is 5.15 Å². The molecule has 4 nitrogen and oxygen atoms in total. The molecule has 0 unspecified atom stereocenters. The standard InChI is InChI=1S/C14H10ClN3O.C2H6/c1-19-13-5-4-9(8-17-13)11-7-12-10(14(15)18-11)3-2-6-16-12;1-2/h2-8H,1H3;1-2H3. The van der Waals surface area contributed by atoms with Crippen molar-refractivity contribution in [1.29, 1.82) is 0 Å². The van der Waals surface area contributed by atoms with Gasteiger partial charge in [0.05, 0.1) is 18.3 Å². The van der Waals surface area contributed by atoms with E-state index in [-0.39, 0.29) is 0 Å². The van der Waals surface area contributed by atoms with Crippen LogP contribution < -0.4 is 4.74 Å². The maximum absolute atomic E-state index is 6.17. The zero-order chi connectivity index (χ0) is 15.2. The fourth-order valence-corrected chi connectivity index (χ4v) is 2.09. The fraction of sp³-hybridized carbons (Fsp3) is 0.188. The molecule has 21 heavy (non-hydrogen) atoms. The summed E-state index contributed by atoms with van der Waals surface area (Å²) in [6.45, 7) is 4.00. The first-order valence-electron chi connectivity index (χ1n) is 6.69. The number of pyridine rings is 3. The predicted octanol–water partition coefficient (Wildman–Crippen LogP) is 4.38. The van der Waals surface area contributed by atoms with Gasteiger partial charge < -0.3 is 4.74 Å². The molecule has 0 radical (unpaired) electrons. The quantitative estimate of drug-likeness (QED) is 0.659. The van der Waals surface area contributed by atoms with Gasteiger partial charge in [0.25, 0.3) is 0 Å². The van der Waals surface area contributed by atoms with Crippen LogP contribution in [0.4, 0.5) is 0 Å². The second-order valence-corrected chi connectivity index (χ2v) is 4.32. The highest BCUT2D eigenvalue weighted by Gasteiger charge is 2.07. The van der Waals surface area contributed by atoms with E-state index in [2.05, 4.69) is 15.0 Å². The summed E-state index contributed by atoms with van der Waals surface area (Å²) in [5.74, 6) is 0.564. The molecule has 3 aromatic rings. The van der Waals surface area contributed by atoms with Gasteiger partial charge in [0.2, 0.25) is 5.88 Å². The number of rotatable bonds is 2. The van der Waals surface area contributed by atoms with Gasteiger partial charge in [-0.15, -0.1) is 0 Å². The number of nitrogens with zero attached hydrogens (tertiary/aromatic N) is 3. The Morgan fingerprint density at radius 1 is 1.10 bits per heavy atom. The summed E-state index contributed by atoms with van der Waals surface area (Å²) in [6, 6.07) is 9.30. The Morgan fingerprint density at radius 2 is 1.90 bits per heavy atom. The van der Waals surface area contributed by atoms with Crippen molar-refractivity contribution < 1.29 is 4.74 Å². The lowest BCUT2D eigenvalue weighted by Gasteiger charge is -2.05. The Morgan fingerprint density at radius 3 is 2.57 bits per heavy atom. The van der Waals surface area contributed by atoms with Crippen LogP contribution in [-0.2, 0) is 0 Å². The Kier molecular flexibility index (Phi) is 5.06. The highest BCUT2D eigenvalue weighted by molar-refractivity contribution is 6.34. The average molecular weight is 302 g/mol. The molecule has 108 valence electrons. The van der Waals surface area contributed by atoms with E-state index in [0.717, 1.165) is 22.2 Å². The Balaban J connectivity index is 0.000000774. The Bertz CT molecular complexity index is 729. The van der Waals surface area contributed by atoms with Gasteiger partial charge in [0.15, 0.2) is 0 Å². The molecule has 0 N–H and O–H groups in total. The van der Waals surface area contributed by atoms with E-state index in [1.54, 1.807) is 25.6 Å². The third-order valence-electron chi connectivity index (χ3n) is 2.79. The number of hydrogen-bond donors (Lipinski definition) is 0. The largest absolute Gasteiger partial charge is 0.481 e. The molecular formula is C16H16ClN3O. The van der Waals surface area contributed by atoms with Crippen molar-refractivity contribution in [3.8, 4) is 17.1 Å². The molecular weight excluding hydrogens is 286 g/mol. The molecule has 0 aliphatic rings. The highest BCUT2D eigenvalue weighted by Crippen LogP contribution is 2.26. The molecule has 3 heterocycles. The molecule has 0 spiro atoms. The molecule has 0 amide bonds. The number of ether oxygens (including phenoxy) is 1. The predicted molar refractivity (Wildman–Crippen MR) is 85.7 cm³/mol. The lowest BCUT2D eigenvalue weighted by atomic mass is 10.1. The monoisotopic (exact) mass is 301 g/mol. The molecule has 5 heteroatoms. The van der Waals surface area contributed by atoms with Crippen LogP contribution in [0.15, 0.2) is 42.7 Å². The van der Waals surface area contributed by atoms with Crippen molar-refractivity contribution in [2.45, 2.75) is 13.8 Å². The van der Waals surface area contributed by atoms with Gasteiger partial charge in [-0.3, -0.25) is 4.98 Å². The number of methoxy groups -OCH3 is 1. The van der Waals surface area contributed by atoms with Crippen molar-refractivity contribution in [3.63, 3.8) is 0 Å². The third kappa shape index (κ3) is 3.28. The van der Waals surface area contributed by atoms with E-state index in [9.17, 15) is 0 Å². The number of aromatic nitrogens is 3. The second-order valence-electron chi connectivity index (χ2n) is 3.96. The molecule has 3 rings (SSSR count). The highest BCUT2D eigenvalue weighted by atomic mass is 35.5. The number of hydrogen-bond acceptors (Lipinski definition) is 4. The van der Waals surface area contributed by atoms with E-state index < -0.39 is 0 Å². The summed E-state index contributed by atoms with van der Waals surface area (Å²) in [5.41, 5.74) is 2.43. The summed E-state index contributed by atoms with van der Waals surface area (Å²) in [6.07, 6.45) is 3.43. The molecule has 0 aliphatic heterocycles. The van der Waals surface area contributed by atoms with Crippen molar-refractivity contribution >= 4 is 22.5 Å². The lowest BCUT2D eigenvalue weighted by Crippen LogP contribution is -1.90. The van der Waals surface area contributed by atoms with Crippen LogP contribution in [0, 0.1) is 0 Å². The van der Waals surface area contributed by atoms with E-state index in [0.29, 0.717) is 11.0 Å². The minimum Gasteiger partial charge on any atom is -0.481 e. The first-order valence-corrected chi connectivity index (χ1v) is 7.07. The summed E-state index contributed by atoms with van der Waals surface area (Å²) < 4.78 is 5.03. The molecule has 0 saturated carbocycles. The van der Waals surface area contributed by atoms with Crippen molar-refractivity contribution in [3.05, 3.63) is 47.9 Å².